The van der Waals surface area contributed by atoms with Gasteiger partial charge in [0.05, 0.1) is 13.2 Å². The van der Waals surface area contributed by atoms with E-state index >= 15 is 0 Å². The highest BCUT2D eigenvalue weighted by Gasteiger charge is 2.20. The second-order valence-electron chi connectivity index (χ2n) is 3.07. The second kappa shape index (κ2) is 9.46. The number of ether oxygens (including phenoxy) is 2. The lowest BCUT2D eigenvalue weighted by Crippen LogP contribution is -2.18. The normalized spacial score (nSPS) is 8.65. The number of allylic oxidation sites excluding steroid dienone is 1. The van der Waals surface area contributed by atoms with Crippen molar-refractivity contribution in [1.82, 2.24) is 0 Å². The molecule has 94 valence electrons. The first-order chi connectivity index (χ1) is 8.17. The SMILES string of the molecule is CCCC#CC=C(C(=O)OCC)C(=O)OCC. The molecule has 0 aliphatic heterocycles. The zero-order chi connectivity index (χ0) is 13.1. The van der Waals surface area contributed by atoms with Gasteiger partial charge < -0.3 is 9.47 Å². The third kappa shape index (κ3) is 6.41. The van der Waals surface area contributed by atoms with Crippen molar-refractivity contribution in [2.75, 3.05) is 13.2 Å². The molecule has 0 radical (unpaired) electrons. The zero-order valence-electron chi connectivity index (χ0n) is 10.5. The molecule has 0 aromatic carbocycles. The summed E-state index contributed by atoms with van der Waals surface area (Å²) in [5.74, 6) is 4.07. The lowest BCUT2D eigenvalue weighted by molar-refractivity contribution is -0.146. The molecule has 0 aliphatic carbocycles. The van der Waals surface area contributed by atoms with Gasteiger partial charge >= 0.3 is 11.9 Å². The van der Waals surface area contributed by atoms with Crippen LogP contribution in [0.5, 0.6) is 0 Å². The largest absolute Gasteiger partial charge is 0.462 e. The third-order valence-corrected chi connectivity index (χ3v) is 1.68. The molecule has 0 saturated heterocycles. The maximum Gasteiger partial charge on any atom is 0.346 e. The quantitative estimate of drug-likeness (QED) is 0.241. The molecule has 17 heavy (non-hydrogen) atoms. The van der Waals surface area contributed by atoms with Crippen molar-refractivity contribution in [2.45, 2.75) is 33.6 Å². The van der Waals surface area contributed by atoms with Crippen LogP contribution in [-0.2, 0) is 19.1 Å². The Labute approximate surface area is 102 Å². The van der Waals surface area contributed by atoms with Crippen LogP contribution in [0.3, 0.4) is 0 Å². The minimum absolute atomic E-state index is 0.155. The van der Waals surface area contributed by atoms with Crippen LogP contribution in [0.4, 0.5) is 0 Å². The maximum atomic E-state index is 11.5. The molecule has 0 aromatic heterocycles. The van der Waals surface area contributed by atoms with Crippen LogP contribution in [-0.4, -0.2) is 25.2 Å². The lowest BCUT2D eigenvalue weighted by Gasteiger charge is -2.04. The van der Waals surface area contributed by atoms with Gasteiger partial charge in [0.15, 0.2) is 5.57 Å². The van der Waals surface area contributed by atoms with Gasteiger partial charge in [-0.25, -0.2) is 9.59 Å². The average molecular weight is 238 g/mol. The molecule has 0 rings (SSSR count). The van der Waals surface area contributed by atoms with Crippen molar-refractivity contribution < 1.29 is 19.1 Å². The standard InChI is InChI=1S/C13H18O4/c1-4-7-8-9-10-11(12(14)16-5-2)13(15)17-6-3/h10H,4-7H2,1-3H3. The Balaban J connectivity index is 4.79. The molecule has 0 bridgehead atoms. The summed E-state index contributed by atoms with van der Waals surface area (Å²) < 4.78 is 9.51. The predicted octanol–water partition coefficient (Wildman–Crippen LogP) is 1.84. The van der Waals surface area contributed by atoms with E-state index in [4.69, 9.17) is 9.47 Å². The molecule has 0 aliphatic rings. The zero-order valence-corrected chi connectivity index (χ0v) is 10.5. The summed E-state index contributed by atoms with van der Waals surface area (Å²) in [5.41, 5.74) is -0.155. The molecule has 0 unspecified atom stereocenters. The highest BCUT2D eigenvalue weighted by molar-refractivity contribution is 6.14. The van der Waals surface area contributed by atoms with Crippen LogP contribution in [0.1, 0.15) is 33.6 Å². The second-order valence-corrected chi connectivity index (χ2v) is 3.07. The number of rotatable bonds is 5. The molecule has 4 heteroatoms. The molecule has 0 fully saturated rings. The fourth-order valence-corrected chi connectivity index (χ4v) is 0.939. The number of unbranched alkanes of at least 4 members (excludes halogenated alkanes) is 1. The van der Waals surface area contributed by atoms with Gasteiger partial charge in [-0.3, -0.25) is 0 Å². The number of esters is 2. The van der Waals surface area contributed by atoms with Crippen molar-refractivity contribution in [3.63, 3.8) is 0 Å². The van der Waals surface area contributed by atoms with Crippen LogP contribution in [0, 0.1) is 11.8 Å². The predicted molar refractivity (Wildman–Crippen MR) is 64.0 cm³/mol. The fraction of sp³-hybridized carbons (Fsp3) is 0.538. The smallest absolute Gasteiger partial charge is 0.346 e. The summed E-state index contributed by atoms with van der Waals surface area (Å²) in [6.07, 6.45) is 2.90. The molecule has 0 saturated carbocycles. The van der Waals surface area contributed by atoms with Crippen molar-refractivity contribution >= 4 is 11.9 Å². The molecular weight excluding hydrogens is 220 g/mol. The lowest BCUT2D eigenvalue weighted by atomic mass is 10.2. The van der Waals surface area contributed by atoms with E-state index in [1.54, 1.807) is 13.8 Å². The molecule has 4 nitrogen and oxygen atoms in total. The summed E-state index contributed by atoms with van der Waals surface area (Å²) >= 11 is 0. The molecule has 0 amide bonds. The highest BCUT2D eigenvalue weighted by atomic mass is 16.6. The summed E-state index contributed by atoms with van der Waals surface area (Å²) in [6.45, 7) is 5.75. The average Bonchev–Trinajstić information content (AvgIpc) is 2.29. The highest BCUT2D eigenvalue weighted by Crippen LogP contribution is 2.01. The van der Waals surface area contributed by atoms with Crippen molar-refractivity contribution in [3.05, 3.63) is 11.6 Å². The topological polar surface area (TPSA) is 52.6 Å². The van der Waals surface area contributed by atoms with Gasteiger partial charge in [-0.2, -0.15) is 0 Å². The summed E-state index contributed by atoms with van der Waals surface area (Å²) in [7, 11) is 0. The summed E-state index contributed by atoms with van der Waals surface area (Å²) in [6, 6.07) is 0. The van der Waals surface area contributed by atoms with Crippen LogP contribution in [0.25, 0.3) is 0 Å². The van der Waals surface area contributed by atoms with Crippen LogP contribution in [0.15, 0.2) is 11.6 Å². The Kier molecular flexibility index (Phi) is 8.48. The Hall–Kier alpha value is -1.76. The van der Waals surface area contributed by atoms with Gasteiger partial charge in [0.25, 0.3) is 0 Å². The Morgan fingerprint density at radius 1 is 1.06 bits per heavy atom. The van der Waals surface area contributed by atoms with Crippen molar-refractivity contribution in [3.8, 4) is 11.8 Å². The van der Waals surface area contributed by atoms with Gasteiger partial charge in [-0.05, 0) is 20.3 Å². The van der Waals surface area contributed by atoms with E-state index in [0.29, 0.717) is 0 Å². The monoisotopic (exact) mass is 238 g/mol. The Bertz CT molecular complexity index is 324. The van der Waals surface area contributed by atoms with Gasteiger partial charge in [-0.1, -0.05) is 18.8 Å². The van der Waals surface area contributed by atoms with Crippen LogP contribution >= 0.6 is 0 Å². The van der Waals surface area contributed by atoms with Crippen LogP contribution in [0.2, 0.25) is 0 Å². The minimum atomic E-state index is -0.697. The van der Waals surface area contributed by atoms with E-state index in [0.717, 1.165) is 12.8 Å². The van der Waals surface area contributed by atoms with Gasteiger partial charge in [-0.15, -0.1) is 0 Å². The summed E-state index contributed by atoms with van der Waals surface area (Å²) in [4.78, 5) is 22.9. The molecule has 0 spiro atoms. The molecule has 0 N–H and O–H groups in total. The van der Waals surface area contributed by atoms with Crippen molar-refractivity contribution in [2.24, 2.45) is 0 Å². The Morgan fingerprint density at radius 2 is 1.59 bits per heavy atom. The van der Waals surface area contributed by atoms with Gasteiger partial charge in [0.1, 0.15) is 0 Å². The third-order valence-electron chi connectivity index (χ3n) is 1.68. The van der Waals surface area contributed by atoms with E-state index < -0.39 is 11.9 Å². The number of carbonyl (C=O) groups is 2. The number of hydrogen-bond acceptors (Lipinski definition) is 4. The molecular formula is C13H18O4. The molecule has 0 heterocycles. The van der Waals surface area contributed by atoms with E-state index in [2.05, 4.69) is 11.8 Å². The van der Waals surface area contributed by atoms with E-state index in [9.17, 15) is 9.59 Å². The summed E-state index contributed by atoms with van der Waals surface area (Å²) in [5, 5.41) is 0. The van der Waals surface area contributed by atoms with Gasteiger partial charge in [0.2, 0.25) is 0 Å². The first-order valence-electron chi connectivity index (χ1n) is 5.70. The molecule has 0 aromatic rings. The fourth-order valence-electron chi connectivity index (χ4n) is 0.939. The minimum Gasteiger partial charge on any atom is -0.462 e. The Morgan fingerprint density at radius 3 is 2.00 bits per heavy atom. The first kappa shape index (κ1) is 15.2. The maximum absolute atomic E-state index is 11.5. The van der Waals surface area contributed by atoms with Gasteiger partial charge in [0, 0.05) is 12.5 Å². The molecule has 0 atom stereocenters. The first-order valence-corrected chi connectivity index (χ1v) is 5.70. The van der Waals surface area contributed by atoms with Crippen LogP contribution < -0.4 is 0 Å². The number of carbonyl (C=O) groups excluding carboxylic acids is 2. The van der Waals surface area contributed by atoms with E-state index in [-0.39, 0.29) is 18.8 Å². The van der Waals surface area contributed by atoms with E-state index in [1.807, 2.05) is 6.92 Å². The van der Waals surface area contributed by atoms with E-state index in [1.165, 1.54) is 6.08 Å². The van der Waals surface area contributed by atoms with Crippen molar-refractivity contribution in [1.29, 1.82) is 0 Å². The number of hydrogen-bond donors (Lipinski definition) is 0.